The number of aryl methyl sites for hydroxylation is 1. The predicted molar refractivity (Wildman–Crippen MR) is 148 cm³/mol. The van der Waals surface area contributed by atoms with E-state index in [1.165, 1.54) is 13.3 Å². The Labute approximate surface area is 224 Å². The van der Waals surface area contributed by atoms with Gasteiger partial charge in [-0.3, -0.25) is 18.8 Å². The molecule has 2 aromatic carbocycles. The number of rotatable bonds is 5. The topological polar surface area (TPSA) is 130 Å². The molecule has 1 atom stereocenters. The van der Waals surface area contributed by atoms with Crippen LogP contribution in [-0.2, 0) is 7.05 Å². The van der Waals surface area contributed by atoms with Crippen molar-refractivity contribution in [2.45, 2.75) is 13.0 Å². The molecule has 0 radical (unpaired) electrons. The van der Waals surface area contributed by atoms with Crippen molar-refractivity contribution in [2.75, 3.05) is 12.8 Å². The Morgan fingerprint density at radius 3 is 2.59 bits per heavy atom. The Morgan fingerprint density at radius 2 is 1.90 bits per heavy atom. The lowest BCUT2D eigenvalue weighted by atomic mass is 10.0. The third kappa shape index (κ3) is 5.06. The molecule has 0 aliphatic heterocycles. The summed E-state index contributed by atoms with van der Waals surface area (Å²) in [6.07, 6.45) is 4.80. The Balaban J connectivity index is 1.62. The van der Waals surface area contributed by atoms with E-state index in [0.29, 0.717) is 27.7 Å². The first-order valence-corrected chi connectivity index (χ1v) is 12.1. The maximum absolute atomic E-state index is 14.1. The fourth-order valence-corrected chi connectivity index (χ4v) is 4.27. The fraction of sp³-hybridized carbons (Fsp3) is 0.138. The highest BCUT2D eigenvalue weighted by Gasteiger charge is 2.22. The highest BCUT2D eigenvalue weighted by molar-refractivity contribution is 5.96. The molecule has 0 spiro atoms. The average Bonchev–Trinajstić information content (AvgIpc) is 3.36. The molecule has 0 unspecified atom stereocenters. The number of nitrogen functional groups attached to an aromatic ring is 1. The summed E-state index contributed by atoms with van der Waals surface area (Å²) in [7, 11) is 3.25. The van der Waals surface area contributed by atoms with Crippen LogP contribution in [0.15, 0.2) is 78.0 Å². The summed E-state index contributed by atoms with van der Waals surface area (Å²) in [5, 5.41) is 8.22. The van der Waals surface area contributed by atoms with E-state index in [-0.39, 0.29) is 23.0 Å². The number of aromatic nitrogens is 5. The maximum Gasteiger partial charge on any atom is 0.274 e. The Kier molecular flexibility index (Phi) is 6.80. The molecule has 39 heavy (non-hydrogen) atoms. The van der Waals surface area contributed by atoms with Gasteiger partial charge in [-0.1, -0.05) is 42.2 Å². The number of para-hydroxylation sites is 1. The lowest BCUT2D eigenvalue weighted by molar-refractivity contribution is 0.0934. The van der Waals surface area contributed by atoms with Crippen molar-refractivity contribution < 1.29 is 9.53 Å². The summed E-state index contributed by atoms with van der Waals surface area (Å²) >= 11 is 0. The maximum atomic E-state index is 14.1. The molecule has 10 heteroatoms. The molecule has 0 saturated carbocycles. The van der Waals surface area contributed by atoms with Gasteiger partial charge in [0, 0.05) is 30.2 Å². The summed E-state index contributed by atoms with van der Waals surface area (Å²) in [4.78, 5) is 35.3. The summed E-state index contributed by atoms with van der Waals surface area (Å²) in [6, 6.07) is 16.0. The fourth-order valence-electron chi connectivity index (χ4n) is 4.27. The van der Waals surface area contributed by atoms with E-state index >= 15 is 0 Å². The number of nitrogens with two attached hydrogens (primary N) is 1. The molecule has 194 valence electrons. The van der Waals surface area contributed by atoms with Crippen LogP contribution in [0.25, 0.3) is 16.5 Å². The molecule has 0 bridgehead atoms. The predicted octanol–water partition coefficient (Wildman–Crippen LogP) is 3.00. The molecule has 3 aromatic heterocycles. The minimum atomic E-state index is -0.594. The van der Waals surface area contributed by atoms with Crippen molar-refractivity contribution in [3.63, 3.8) is 0 Å². The lowest BCUT2D eigenvalue weighted by Gasteiger charge is -2.21. The highest BCUT2D eigenvalue weighted by Crippen LogP contribution is 2.24. The van der Waals surface area contributed by atoms with Crippen LogP contribution < -0.4 is 21.3 Å². The first kappa shape index (κ1) is 25.2. The smallest absolute Gasteiger partial charge is 0.274 e. The minimum Gasteiger partial charge on any atom is -0.480 e. The van der Waals surface area contributed by atoms with E-state index < -0.39 is 11.9 Å². The number of nitrogens with one attached hydrogen (secondary N) is 1. The van der Waals surface area contributed by atoms with Crippen molar-refractivity contribution in [2.24, 2.45) is 7.05 Å². The van der Waals surface area contributed by atoms with Gasteiger partial charge in [-0.15, -0.1) is 0 Å². The van der Waals surface area contributed by atoms with E-state index in [4.69, 9.17) is 10.5 Å². The first-order chi connectivity index (χ1) is 18.9. The van der Waals surface area contributed by atoms with Crippen molar-refractivity contribution in [1.29, 1.82) is 0 Å². The van der Waals surface area contributed by atoms with Gasteiger partial charge in [-0.2, -0.15) is 10.1 Å². The molecule has 3 N–H and O–H groups in total. The molecular weight excluding hydrogens is 494 g/mol. The number of ether oxygens (including phenoxy) is 1. The number of hydrogen-bond donors (Lipinski definition) is 2. The normalized spacial score (nSPS) is 11.5. The number of nitrogens with zero attached hydrogens (tertiary/aromatic N) is 5. The number of anilines is 1. The van der Waals surface area contributed by atoms with Gasteiger partial charge < -0.3 is 15.8 Å². The zero-order chi connectivity index (χ0) is 27.5. The van der Waals surface area contributed by atoms with Crippen molar-refractivity contribution in [1.82, 2.24) is 29.6 Å². The first-order valence-electron chi connectivity index (χ1n) is 12.1. The van der Waals surface area contributed by atoms with Crippen molar-refractivity contribution in [3.8, 4) is 23.4 Å². The van der Waals surface area contributed by atoms with E-state index in [2.05, 4.69) is 32.2 Å². The summed E-state index contributed by atoms with van der Waals surface area (Å²) < 4.78 is 8.27. The number of fused-ring (bicyclic) bond motifs is 1. The van der Waals surface area contributed by atoms with Gasteiger partial charge in [-0.25, -0.2) is 4.98 Å². The van der Waals surface area contributed by atoms with Crippen molar-refractivity contribution >= 4 is 22.5 Å². The molecule has 10 nitrogen and oxygen atoms in total. The van der Waals surface area contributed by atoms with Crippen LogP contribution >= 0.6 is 0 Å². The van der Waals surface area contributed by atoms with E-state index in [0.717, 1.165) is 5.56 Å². The van der Waals surface area contributed by atoms with Crippen LogP contribution in [-0.4, -0.2) is 37.3 Å². The van der Waals surface area contributed by atoms with E-state index in [1.807, 2.05) is 67.8 Å². The molecule has 0 aliphatic rings. The molecule has 5 rings (SSSR count). The number of methoxy groups -OCH3 is 1. The zero-order valence-electron chi connectivity index (χ0n) is 21.5. The SMILES string of the molecule is COc1cnc(C(=O)N[C@@H](C)c2cc3cccc(C#Cc4cnn(C)c4)c3c(=O)n2-c2ccccc2)c(N)n1. The molecule has 1 amide bonds. The molecule has 0 aliphatic carbocycles. The molecule has 5 aromatic rings. The van der Waals surface area contributed by atoms with Gasteiger partial charge in [0.25, 0.3) is 11.5 Å². The van der Waals surface area contributed by atoms with Gasteiger partial charge >= 0.3 is 0 Å². The number of carbonyl (C=O) groups excluding carboxylic acids is 1. The number of carbonyl (C=O) groups is 1. The van der Waals surface area contributed by atoms with Crippen LogP contribution in [0, 0.1) is 11.8 Å². The van der Waals surface area contributed by atoms with Crippen LogP contribution in [0.1, 0.15) is 40.3 Å². The molecule has 0 saturated heterocycles. The summed E-state index contributed by atoms with van der Waals surface area (Å²) in [6.45, 7) is 1.79. The average molecular weight is 520 g/mol. The highest BCUT2D eigenvalue weighted by atomic mass is 16.5. The largest absolute Gasteiger partial charge is 0.480 e. The van der Waals surface area contributed by atoms with Crippen molar-refractivity contribution in [3.05, 3.63) is 106 Å². The second-order valence-electron chi connectivity index (χ2n) is 8.81. The van der Waals surface area contributed by atoms with E-state index in [9.17, 15) is 9.59 Å². The molecular formula is C29H25N7O3. The summed E-state index contributed by atoms with van der Waals surface area (Å²) in [5.41, 5.74) is 8.20. The van der Waals surface area contributed by atoms with Crippen LogP contribution in [0.4, 0.5) is 5.82 Å². The Bertz CT molecular complexity index is 1810. The quantitative estimate of drug-likeness (QED) is 0.342. The van der Waals surface area contributed by atoms with Gasteiger partial charge in [0.15, 0.2) is 11.5 Å². The minimum absolute atomic E-state index is 0.0370. The third-order valence-electron chi connectivity index (χ3n) is 6.13. The van der Waals surface area contributed by atoms with Crippen LogP contribution in [0.2, 0.25) is 0 Å². The second kappa shape index (κ2) is 10.5. The van der Waals surface area contributed by atoms with Gasteiger partial charge in [0.2, 0.25) is 5.88 Å². The lowest BCUT2D eigenvalue weighted by Crippen LogP contribution is -2.33. The monoisotopic (exact) mass is 519 g/mol. The third-order valence-corrected chi connectivity index (χ3v) is 6.13. The Morgan fingerprint density at radius 1 is 1.10 bits per heavy atom. The van der Waals surface area contributed by atoms with E-state index in [1.54, 1.807) is 22.4 Å². The zero-order valence-corrected chi connectivity index (χ0v) is 21.5. The van der Waals surface area contributed by atoms with Gasteiger partial charge in [-0.05, 0) is 36.6 Å². The number of amides is 1. The standard InChI is InChI=1S/C29H25N7O3/c1-18(33-28(37)26-27(30)34-24(39-3)16-31-26)23-14-21-9-7-8-20(13-12-19-15-32-35(2)17-19)25(21)29(38)36(23)22-10-5-4-6-11-22/h4-11,14-18H,1-3H3,(H2,30,34)(H,33,37)/t18-/m0/s1. The number of pyridine rings is 1. The summed E-state index contributed by atoms with van der Waals surface area (Å²) in [5.74, 6) is 5.82. The Hall–Kier alpha value is -5.43. The van der Waals surface area contributed by atoms with Crippen LogP contribution in [0.3, 0.4) is 0 Å². The van der Waals surface area contributed by atoms with Gasteiger partial charge in [0.05, 0.1) is 36.5 Å². The van der Waals surface area contributed by atoms with Gasteiger partial charge in [0.1, 0.15) is 0 Å². The molecule has 3 heterocycles. The van der Waals surface area contributed by atoms with Crippen LogP contribution in [0.5, 0.6) is 5.88 Å². The molecule has 0 fully saturated rings. The second-order valence-corrected chi connectivity index (χ2v) is 8.81. The number of hydrogen-bond acceptors (Lipinski definition) is 7. The number of benzene rings is 2.